The number of amides is 2. The SMILES string of the molecule is CC1CCN(C(=O)c2cccc(C(N)=O)c2)CC1. The van der Waals surface area contributed by atoms with Gasteiger partial charge in [0.15, 0.2) is 0 Å². The van der Waals surface area contributed by atoms with E-state index >= 15 is 0 Å². The normalized spacial score (nSPS) is 16.6. The molecule has 2 N–H and O–H groups in total. The van der Waals surface area contributed by atoms with Crippen molar-refractivity contribution in [1.82, 2.24) is 4.90 Å². The van der Waals surface area contributed by atoms with Crippen molar-refractivity contribution < 1.29 is 9.59 Å². The molecule has 0 radical (unpaired) electrons. The molecule has 0 aromatic heterocycles. The molecule has 2 amide bonds. The van der Waals surface area contributed by atoms with Gasteiger partial charge in [0.1, 0.15) is 0 Å². The summed E-state index contributed by atoms with van der Waals surface area (Å²) in [4.78, 5) is 25.2. The summed E-state index contributed by atoms with van der Waals surface area (Å²) >= 11 is 0. The second kappa shape index (κ2) is 5.21. The van der Waals surface area contributed by atoms with Gasteiger partial charge in [-0.05, 0) is 37.0 Å². The largest absolute Gasteiger partial charge is 0.366 e. The zero-order chi connectivity index (χ0) is 13.1. The number of likely N-dealkylation sites (tertiary alicyclic amines) is 1. The Kier molecular flexibility index (Phi) is 3.65. The molecule has 1 aromatic carbocycles. The van der Waals surface area contributed by atoms with Crippen LogP contribution in [0, 0.1) is 5.92 Å². The highest BCUT2D eigenvalue weighted by molar-refractivity contribution is 5.99. The van der Waals surface area contributed by atoms with Crippen LogP contribution in [0.2, 0.25) is 0 Å². The molecule has 18 heavy (non-hydrogen) atoms. The monoisotopic (exact) mass is 246 g/mol. The van der Waals surface area contributed by atoms with Crippen LogP contribution >= 0.6 is 0 Å². The Morgan fingerprint density at radius 3 is 2.44 bits per heavy atom. The molecule has 0 saturated carbocycles. The number of nitrogens with zero attached hydrogens (tertiary/aromatic N) is 1. The van der Waals surface area contributed by atoms with Crippen molar-refractivity contribution in [2.45, 2.75) is 19.8 Å². The fraction of sp³-hybridized carbons (Fsp3) is 0.429. The first-order chi connectivity index (χ1) is 8.58. The number of benzene rings is 1. The molecule has 2 rings (SSSR count). The summed E-state index contributed by atoms with van der Waals surface area (Å²) in [6.45, 7) is 3.79. The van der Waals surface area contributed by atoms with Crippen LogP contribution in [0.15, 0.2) is 24.3 Å². The number of carbonyl (C=O) groups is 2. The molecule has 1 aliphatic heterocycles. The fourth-order valence-electron chi connectivity index (χ4n) is 2.20. The summed E-state index contributed by atoms with van der Waals surface area (Å²) in [6, 6.07) is 6.62. The van der Waals surface area contributed by atoms with E-state index in [2.05, 4.69) is 6.92 Å². The minimum Gasteiger partial charge on any atom is -0.366 e. The number of hydrogen-bond donors (Lipinski definition) is 1. The molecule has 0 bridgehead atoms. The highest BCUT2D eigenvalue weighted by Gasteiger charge is 2.21. The van der Waals surface area contributed by atoms with E-state index in [4.69, 9.17) is 5.73 Å². The lowest BCUT2D eigenvalue weighted by Gasteiger charge is -2.30. The topological polar surface area (TPSA) is 63.4 Å². The van der Waals surface area contributed by atoms with Crippen molar-refractivity contribution >= 4 is 11.8 Å². The van der Waals surface area contributed by atoms with Crippen molar-refractivity contribution in [3.05, 3.63) is 35.4 Å². The predicted octanol–water partition coefficient (Wildman–Crippen LogP) is 1.66. The van der Waals surface area contributed by atoms with Gasteiger partial charge in [0.05, 0.1) is 0 Å². The molecule has 1 heterocycles. The van der Waals surface area contributed by atoms with E-state index in [9.17, 15) is 9.59 Å². The second-order valence-electron chi connectivity index (χ2n) is 4.92. The molecule has 96 valence electrons. The summed E-state index contributed by atoms with van der Waals surface area (Å²) in [5.74, 6) is 0.174. The number of rotatable bonds is 2. The average Bonchev–Trinajstić information content (AvgIpc) is 2.39. The third-order valence-corrected chi connectivity index (χ3v) is 3.46. The number of nitrogens with two attached hydrogens (primary N) is 1. The first kappa shape index (κ1) is 12.6. The Balaban J connectivity index is 2.13. The van der Waals surface area contributed by atoms with Crippen LogP contribution in [0.1, 0.15) is 40.5 Å². The van der Waals surface area contributed by atoms with E-state index < -0.39 is 5.91 Å². The van der Waals surface area contributed by atoms with Gasteiger partial charge in [-0.25, -0.2) is 0 Å². The average molecular weight is 246 g/mol. The highest BCUT2D eigenvalue weighted by Crippen LogP contribution is 2.18. The van der Waals surface area contributed by atoms with E-state index in [0.717, 1.165) is 25.9 Å². The summed E-state index contributed by atoms with van der Waals surface area (Å²) in [5.41, 5.74) is 6.14. The van der Waals surface area contributed by atoms with Gasteiger partial charge in [-0.1, -0.05) is 13.0 Å². The van der Waals surface area contributed by atoms with Crippen molar-refractivity contribution in [3.63, 3.8) is 0 Å². The molecular formula is C14H18N2O2. The van der Waals surface area contributed by atoms with Gasteiger partial charge in [-0.2, -0.15) is 0 Å². The molecule has 0 atom stereocenters. The van der Waals surface area contributed by atoms with Crippen LogP contribution in [0.3, 0.4) is 0 Å². The predicted molar refractivity (Wildman–Crippen MR) is 69.3 cm³/mol. The molecule has 1 saturated heterocycles. The van der Waals surface area contributed by atoms with E-state index in [1.807, 2.05) is 4.90 Å². The molecular weight excluding hydrogens is 228 g/mol. The first-order valence-corrected chi connectivity index (χ1v) is 6.27. The maximum Gasteiger partial charge on any atom is 0.253 e. The van der Waals surface area contributed by atoms with Crippen molar-refractivity contribution in [1.29, 1.82) is 0 Å². The lowest BCUT2D eigenvalue weighted by atomic mass is 9.98. The van der Waals surface area contributed by atoms with Gasteiger partial charge in [0.2, 0.25) is 5.91 Å². The van der Waals surface area contributed by atoms with Crippen LogP contribution in [0.5, 0.6) is 0 Å². The Morgan fingerprint density at radius 2 is 1.83 bits per heavy atom. The van der Waals surface area contributed by atoms with E-state index in [-0.39, 0.29) is 5.91 Å². The number of hydrogen-bond acceptors (Lipinski definition) is 2. The maximum absolute atomic E-state index is 12.3. The minimum absolute atomic E-state index is 0.00926. The lowest BCUT2D eigenvalue weighted by molar-refractivity contribution is 0.0697. The van der Waals surface area contributed by atoms with Gasteiger partial charge >= 0.3 is 0 Å². The van der Waals surface area contributed by atoms with Crippen molar-refractivity contribution in [3.8, 4) is 0 Å². The molecule has 1 aliphatic rings. The van der Waals surface area contributed by atoms with Crippen molar-refractivity contribution in [2.75, 3.05) is 13.1 Å². The molecule has 1 aromatic rings. The first-order valence-electron chi connectivity index (χ1n) is 6.27. The molecule has 1 fully saturated rings. The Labute approximate surface area is 107 Å². The summed E-state index contributed by atoms with van der Waals surface area (Å²) in [5, 5.41) is 0. The minimum atomic E-state index is -0.503. The van der Waals surface area contributed by atoms with E-state index in [1.165, 1.54) is 0 Å². The van der Waals surface area contributed by atoms with E-state index in [0.29, 0.717) is 17.0 Å². The summed E-state index contributed by atoms with van der Waals surface area (Å²) in [6.07, 6.45) is 2.09. The molecule has 4 heteroatoms. The van der Waals surface area contributed by atoms with Gasteiger partial charge in [-0.15, -0.1) is 0 Å². The Bertz CT molecular complexity index is 463. The molecule has 0 aliphatic carbocycles. The number of piperidine rings is 1. The van der Waals surface area contributed by atoms with Crippen LogP contribution in [0.25, 0.3) is 0 Å². The van der Waals surface area contributed by atoms with Crippen LogP contribution in [-0.4, -0.2) is 29.8 Å². The fourth-order valence-corrected chi connectivity index (χ4v) is 2.20. The Hall–Kier alpha value is -1.84. The highest BCUT2D eigenvalue weighted by atomic mass is 16.2. The second-order valence-corrected chi connectivity index (χ2v) is 4.92. The van der Waals surface area contributed by atoms with Gasteiger partial charge in [0, 0.05) is 24.2 Å². The zero-order valence-electron chi connectivity index (χ0n) is 10.6. The van der Waals surface area contributed by atoms with Gasteiger partial charge in [0.25, 0.3) is 5.91 Å². The molecule has 4 nitrogen and oxygen atoms in total. The van der Waals surface area contributed by atoms with Crippen LogP contribution in [-0.2, 0) is 0 Å². The lowest BCUT2D eigenvalue weighted by Crippen LogP contribution is -2.38. The molecule has 0 spiro atoms. The van der Waals surface area contributed by atoms with Gasteiger partial charge in [-0.3, -0.25) is 9.59 Å². The quantitative estimate of drug-likeness (QED) is 0.862. The number of carbonyl (C=O) groups excluding carboxylic acids is 2. The summed E-state index contributed by atoms with van der Waals surface area (Å²) < 4.78 is 0. The number of primary amides is 1. The van der Waals surface area contributed by atoms with Crippen LogP contribution in [0.4, 0.5) is 0 Å². The summed E-state index contributed by atoms with van der Waals surface area (Å²) in [7, 11) is 0. The smallest absolute Gasteiger partial charge is 0.253 e. The maximum atomic E-state index is 12.3. The van der Waals surface area contributed by atoms with Crippen molar-refractivity contribution in [2.24, 2.45) is 11.7 Å². The molecule has 0 unspecified atom stereocenters. The zero-order valence-corrected chi connectivity index (χ0v) is 10.6. The van der Waals surface area contributed by atoms with Crippen LogP contribution < -0.4 is 5.73 Å². The third kappa shape index (κ3) is 2.70. The Morgan fingerprint density at radius 1 is 1.22 bits per heavy atom. The van der Waals surface area contributed by atoms with E-state index in [1.54, 1.807) is 24.3 Å². The standard InChI is InChI=1S/C14H18N2O2/c1-10-5-7-16(8-6-10)14(18)12-4-2-3-11(9-12)13(15)17/h2-4,9-10H,5-8H2,1H3,(H2,15,17). The third-order valence-electron chi connectivity index (χ3n) is 3.46. The van der Waals surface area contributed by atoms with Gasteiger partial charge < -0.3 is 10.6 Å².